The number of amides is 2. The lowest BCUT2D eigenvalue weighted by molar-refractivity contribution is -0.122. The van der Waals surface area contributed by atoms with Gasteiger partial charge in [0.25, 0.3) is 0 Å². The van der Waals surface area contributed by atoms with E-state index < -0.39 is 12.6 Å². The van der Waals surface area contributed by atoms with E-state index in [2.05, 4.69) is 10.6 Å². The summed E-state index contributed by atoms with van der Waals surface area (Å²) in [6.07, 6.45) is -1.93. The van der Waals surface area contributed by atoms with E-state index in [1.807, 2.05) is 0 Å². The van der Waals surface area contributed by atoms with Crippen molar-refractivity contribution in [1.29, 1.82) is 0 Å². The zero-order valence-electron chi connectivity index (χ0n) is 12.2. The van der Waals surface area contributed by atoms with Crippen LogP contribution >= 0.6 is 21.6 Å². The third kappa shape index (κ3) is 15.9. The van der Waals surface area contributed by atoms with Gasteiger partial charge in [0.15, 0.2) is 12.6 Å². The summed E-state index contributed by atoms with van der Waals surface area (Å²) in [6.45, 7) is 0.466. The first-order valence-electron chi connectivity index (χ1n) is 6.92. The molecule has 130 valence electrons. The molecule has 0 saturated carbocycles. The minimum absolute atomic E-state index is 0.107. The van der Waals surface area contributed by atoms with Crippen molar-refractivity contribution in [3.63, 3.8) is 0 Å². The third-order valence-corrected chi connectivity index (χ3v) is 4.77. The average Bonchev–Trinajstić information content (AvgIpc) is 2.41. The molecule has 0 aromatic rings. The maximum Gasteiger partial charge on any atom is 0.220 e. The van der Waals surface area contributed by atoms with Gasteiger partial charge < -0.3 is 31.1 Å². The van der Waals surface area contributed by atoms with Gasteiger partial charge in [-0.05, 0) is 0 Å². The summed E-state index contributed by atoms with van der Waals surface area (Å²) in [5.41, 5.74) is 0. The fraction of sp³-hybridized carbons (Fsp3) is 0.833. The van der Waals surface area contributed by atoms with Crippen LogP contribution in [0.3, 0.4) is 0 Å². The van der Waals surface area contributed by atoms with Crippen LogP contribution in [0.25, 0.3) is 0 Å². The lowest BCUT2D eigenvalue weighted by atomic mass is 10.4. The Bertz CT molecular complexity index is 288. The van der Waals surface area contributed by atoms with Crippen molar-refractivity contribution in [2.75, 3.05) is 24.6 Å². The van der Waals surface area contributed by atoms with Gasteiger partial charge in [-0.1, -0.05) is 21.6 Å². The highest BCUT2D eigenvalue weighted by molar-refractivity contribution is 8.76. The van der Waals surface area contributed by atoms with Crippen LogP contribution in [0.1, 0.15) is 25.7 Å². The van der Waals surface area contributed by atoms with Gasteiger partial charge in [-0.3, -0.25) is 9.59 Å². The van der Waals surface area contributed by atoms with E-state index in [1.165, 1.54) is 21.6 Å². The van der Waals surface area contributed by atoms with Gasteiger partial charge in [0.1, 0.15) is 0 Å². The van der Waals surface area contributed by atoms with Crippen LogP contribution in [-0.2, 0) is 9.59 Å². The fourth-order valence-electron chi connectivity index (χ4n) is 1.24. The molecular formula is C12H24N2O6S2. The van der Waals surface area contributed by atoms with Crippen molar-refractivity contribution in [1.82, 2.24) is 10.6 Å². The van der Waals surface area contributed by atoms with Crippen molar-refractivity contribution < 1.29 is 30.0 Å². The molecule has 0 rings (SSSR count). The summed E-state index contributed by atoms with van der Waals surface area (Å²) >= 11 is 0. The highest BCUT2D eigenvalue weighted by Crippen LogP contribution is 2.22. The van der Waals surface area contributed by atoms with E-state index >= 15 is 0 Å². The second-order valence-electron chi connectivity index (χ2n) is 4.38. The first-order chi connectivity index (χ1) is 10.4. The molecular weight excluding hydrogens is 332 g/mol. The normalized spacial score (nSPS) is 11.0. The fourth-order valence-corrected chi connectivity index (χ4v) is 3.22. The number of rotatable bonds is 13. The molecule has 0 aliphatic rings. The molecule has 0 radical (unpaired) electrons. The Hall–Kier alpha value is -0.520. The second kappa shape index (κ2) is 14.1. The Morgan fingerprint density at radius 1 is 0.773 bits per heavy atom. The maximum atomic E-state index is 11.3. The number of hydrogen-bond acceptors (Lipinski definition) is 8. The topological polar surface area (TPSA) is 139 Å². The van der Waals surface area contributed by atoms with Crippen molar-refractivity contribution in [2.24, 2.45) is 0 Å². The van der Waals surface area contributed by atoms with E-state index in [0.717, 1.165) is 0 Å². The molecule has 0 spiro atoms. The summed E-state index contributed by atoms with van der Waals surface area (Å²) in [5, 5.41) is 39.6. The number of aliphatic hydroxyl groups is 4. The SMILES string of the molecule is O=C(CCSSCCC(=O)NCCC(O)O)NCCC(O)O. The molecule has 2 amide bonds. The third-order valence-electron chi connectivity index (χ3n) is 2.36. The van der Waals surface area contributed by atoms with Crippen molar-refractivity contribution >= 4 is 33.4 Å². The highest BCUT2D eigenvalue weighted by atomic mass is 33.1. The molecule has 22 heavy (non-hydrogen) atoms. The van der Waals surface area contributed by atoms with Crippen molar-refractivity contribution in [2.45, 2.75) is 38.3 Å². The molecule has 0 aromatic heterocycles. The number of aliphatic hydroxyl groups excluding tert-OH is 2. The van der Waals surface area contributed by atoms with E-state index in [-0.39, 0.29) is 37.7 Å². The molecule has 6 N–H and O–H groups in total. The van der Waals surface area contributed by atoms with Crippen LogP contribution in [0.2, 0.25) is 0 Å². The minimum atomic E-state index is -1.41. The number of hydrogen-bond donors (Lipinski definition) is 6. The van der Waals surface area contributed by atoms with Crippen LogP contribution < -0.4 is 10.6 Å². The summed E-state index contributed by atoms with van der Waals surface area (Å²) in [5.74, 6) is 0.926. The highest BCUT2D eigenvalue weighted by Gasteiger charge is 2.05. The quantitative estimate of drug-likeness (QED) is 0.137. The summed E-state index contributed by atoms with van der Waals surface area (Å²) < 4.78 is 0. The van der Waals surface area contributed by atoms with Crippen molar-refractivity contribution in [3.8, 4) is 0 Å². The van der Waals surface area contributed by atoms with E-state index in [4.69, 9.17) is 20.4 Å². The van der Waals surface area contributed by atoms with Gasteiger partial charge in [-0.15, -0.1) is 0 Å². The van der Waals surface area contributed by atoms with Gasteiger partial charge >= 0.3 is 0 Å². The Kier molecular flexibility index (Phi) is 13.8. The Morgan fingerprint density at radius 3 is 1.45 bits per heavy atom. The summed E-state index contributed by atoms with van der Waals surface area (Å²) in [7, 11) is 2.98. The van der Waals surface area contributed by atoms with E-state index in [1.54, 1.807) is 0 Å². The molecule has 0 atom stereocenters. The first kappa shape index (κ1) is 21.5. The standard InChI is InChI=1S/C12H24N2O6S2/c15-9(13-5-1-11(17)18)3-7-21-22-8-4-10(16)14-6-2-12(19)20/h11-12,17-20H,1-8H2,(H,13,15)(H,14,16). The van der Waals surface area contributed by atoms with Gasteiger partial charge in [0.05, 0.1) is 0 Å². The Morgan fingerprint density at radius 2 is 1.14 bits per heavy atom. The molecule has 10 heteroatoms. The van der Waals surface area contributed by atoms with E-state index in [9.17, 15) is 9.59 Å². The number of nitrogens with one attached hydrogen (secondary N) is 2. The van der Waals surface area contributed by atoms with Crippen molar-refractivity contribution in [3.05, 3.63) is 0 Å². The van der Waals surface area contributed by atoms with Crippen LogP contribution in [0.4, 0.5) is 0 Å². The first-order valence-corrected chi connectivity index (χ1v) is 9.40. The molecule has 0 aliphatic heterocycles. The molecule has 0 heterocycles. The number of carbonyl (C=O) groups excluding carboxylic acids is 2. The molecule has 8 nitrogen and oxygen atoms in total. The second-order valence-corrected chi connectivity index (χ2v) is 7.08. The number of carbonyl (C=O) groups is 2. The van der Waals surface area contributed by atoms with E-state index in [0.29, 0.717) is 24.3 Å². The molecule has 0 bridgehead atoms. The van der Waals surface area contributed by atoms with Crippen LogP contribution in [0.15, 0.2) is 0 Å². The Balaban J connectivity index is 3.35. The average molecular weight is 356 g/mol. The lowest BCUT2D eigenvalue weighted by Crippen LogP contribution is -2.27. The molecule has 0 aromatic carbocycles. The van der Waals surface area contributed by atoms with Crippen LogP contribution in [-0.4, -0.2) is 69.4 Å². The summed E-state index contributed by atoms with van der Waals surface area (Å²) in [6, 6.07) is 0. The smallest absolute Gasteiger partial charge is 0.220 e. The molecule has 0 fully saturated rings. The van der Waals surface area contributed by atoms with Gasteiger partial charge in [-0.25, -0.2) is 0 Å². The van der Waals surface area contributed by atoms with Gasteiger partial charge in [0, 0.05) is 50.3 Å². The lowest BCUT2D eigenvalue weighted by Gasteiger charge is -2.07. The minimum Gasteiger partial charge on any atom is -0.368 e. The largest absolute Gasteiger partial charge is 0.368 e. The maximum absolute atomic E-state index is 11.3. The molecule has 0 aliphatic carbocycles. The van der Waals surface area contributed by atoms with Gasteiger partial charge in [-0.2, -0.15) is 0 Å². The molecule has 0 unspecified atom stereocenters. The monoisotopic (exact) mass is 356 g/mol. The Labute approximate surface area is 137 Å². The predicted molar refractivity (Wildman–Crippen MR) is 85.9 cm³/mol. The zero-order valence-corrected chi connectivity index (χ0v) is 13.9. The zero-order chi connectivity index (χ0) is 16.8. The van der Waals surface area contributed by atoms with Crippen LogP contribution in [0.5, 0.6) is 0 Å². The van der Waals surface area contributed by atoms with Crippen LogP contribution in [0, 0.1) is 0 Å². The summed E-state index contributed by atoms with van der Waals surface area (Å²) in [4.78, 5) is 22.7. The predicted octanol–water partition coefficient (Wildman–Crippen LogP) is -1.22. The molecule has 0 saturated heterocycles. The van der Waals surface area contributed by atoms with Gasteiger partial charge in [0.2, 0.25) is 11.8 Å².